The van der Waals surface area contributed by atoms with E-state index in [0.29, 0.717) is 12.3 Å². The number of carbonyl (C=O) groups is 1. The second-order valence-corrected chi connectivity index (χ2v) is 5.95. The Kier molecular flexibility index (Phi) is 5.09. The summed E-state index contributed by atoms with van der Waals surface area (Å²) < 4.78 is 6.08. The smallest absolute Gasteiger partial charge is 0.358 e. The number of nitrogens with zero attached hydrogens (tertiary/aromatic N) is 1. The molecule has 0 unspecified atom stereocenters. The van der Waals surface area contributed by atoms with E-state index >= 15 is 0 Å². The zero-order valence-corrected chi connectivity index (χ0v) is 13.6. The van der Waals surface area contributed by atoms with Crippen molar-refractivity contribution >= 4 is 44.6 Å². The van der Waals surface area contributed by atoms with Crippen molar-refractivity contribution in [3.8, 4) is 0 Å². The summed E-state index contributed by atoms with van der Waals surface area (Å²) in [5.74, 6) is -0.391. The number of esters is 1. The molecule has 1 aromatic carbocycles. The molecule has 1 heterocycles. The maximum atomic E-state index is 12.1. The Bertz CT molecular complexity index is 635. The quantitative estimate of drug-likeness (QED) is 0.600. The van der Waals surface area contributed by atoms with Gasteiger partial charge in [0.1, 0.15) is 0 Å². The number of aryl methyl sites for hydroxylation is 1. The van der Waals surface area contributed by atoms with E-state index in [-0.39, 0.29) is 0 Å². The zero-order chi connectivity index (χ0) is 14.5. The van der Waals surface area contributed by atoms with E-state index in [0.717, 1.165) is 20.6 Å². The number of rotatable bonds is 4. The molecule has 0 aliphatic carbocycles. The molecule has 5 heteroatoms. The average molecular weight is 352 g/mol. The topological polar surface area (TPSA) is 38.7 Å². The molecular formula is C15H14BrNO2S. The monoisotopic (exact) mass is 351 g/mol. The lowest BCUT2D eigenvalue weighted by atomic mass is 10.2. The van der Waals surface area contributed by atoms with Crippen LogP contribution in [0, 0.1) is 6.92 Å². The van der Waals surface area contributed by atoms with Crippen molar-refractivity contribution in [3.05, 3.63) is 50.6 Å². The highest BCUT2D eigenvalue weighted by molar-refractivity contribution is 9.10. The van der Waals surface area contributed by atoms with Gasteiger partial charge in [0.05, 0.1) is 17.2 Å². The van der Waals surface area contributed by atoms with Gasteiger partial charge in [-0.2, -0.15) is 0 Å². The van der Waals surface area contributed by atoms with Gasteiger partial charge in [0, 0.05) is 4.47 Å². The molecule has 0 saturated carbocycles. The van der Waals surface area contributed by atoms with Gasteiger partial charge in [-0.3, -0.25) is 0 Å². The second kappa shape index (κ2) is 6.81. The normalized spacial score (nSPS) is 11.4. The molecule has 0 saturated heterocycles. The van der Waals surface area contributed by atoms with Crippen molar-refractivity contribution in [3.63, 3.8) is 0 Å². The van der Waals surface area contributed by atoms with E-state index < -0.39 is 5.97 Å². The van der Waals surface area contributed by atoms with Crippen LogP contribution < -0.4 is 0 Å². The van der Waals surface area contributed by atoms with Crippen molar-refractivity contribution in [1.82, 2.24) is 0 Å². The zero-order valence-electron chi connectivity index (χ0n) is 11.2. The molecule has 1 aromatic heterocycles. The largest absolute Gasteiger partial charge is 0.461 e. The van der Waals surface area contributed by atoms with E-state index in [2.05, 4.69) is 20.9 Å². The molecule has 0 aliphatic rings. The minimum absolute atomic E-state index is 0.336. The maximum Gasteiger partial charge on any atom is 0.358 e. The van der Waals surface area contributed by atoms with Gasteiger partial charge >= 0.3 is 5.97 Å². The van der Waals surface area contributed by atoms with Crippen LogP contribution in [0.1, 0.15) is 17.4 Å². The van der Waals surface area contributed by atoms with E-state index in [9.17, 15) is 4.79 Å². The Morgan fingerprint density at radius 2 is 2.20 bits per heavy atom. The van der Waals surface area contributed by atoms with Gasteiger partial charge in [0.15, 0.2) is 5.71 Å². The summed E-state index contributed by atoms with van der Waals surface area (Å²) in [6.45, 7) is 4.08. The number of aliphatic imine (C=N–C) groups is 1. The summed E-state index contributed by atoms with van der Waals surface area (Å²) in [7, 11) is 0. The SMILES string of the molecule is CCOC(=O)C(=Nc1ccc(Br)cc1C)c1cccs1. The van der Waals surface area contributed by atoms with Crippen LogP contribution in [0.2, 0.25) is 0 Å². The van der Waals surface area contributed by atoms with Crippen molar-refractivity contribution in [2.45, 2.75) is 13.8 Å². The van der Waals surface area contributed by atoms with Gasteiger partial charge in [0.2, 0.25) is 0 Å². The number of thiophene rings is 1. The first-order valence-corrected chi connectivity index (χ1v) is 7.85. The minimum Gasteiger partial charge on any atom is -0.461 e. The fraction of sp³-hybridized carbons (Fsp3) is 0.200. The molecular weight excluding hydrogens is 338 g/mol. The molecule has 20 heavy (non-hydrogen) atoms. The number of halogens is 1. The molecule has 104 valence electrons. The number of ether oxygens (including phenoxy) is 1. The van der Waals surface area contributed by atoms with Gasteiger partial charge in [-0.1, -0.05) is 22.0 Å². The van der Waals surface area contributed by atoms with Crippen LogP contribution in [0.5, 0.6) is 0 Å². The Balaban J connectivity index is 2.45. The predicted octanol–water partition coefficient (Wildman–Crippen LogP) is 4.50. The fourth-order valence-corrected chi connectivity index (χ4v) is 2.86. The molecule has 0 bridgehead atoms. The molecule has 0 N–H and O–H groups in total. The number of hydrogen-bond acceptors (Lipinski definition) is 4. The van der Waals surface area contributed by atoms with Crippen LogP contribution in [0.25, 0.3) is 0 Å². The van der Waals surface area contributed by atoms with Crippen LogP contribution in [0.3, 0.4) is 0 Å². The van der Waals surface area contributed by atoms with Crippen molar-refractivity contribution < 1.29 is 9.53 Å². The van der Waals surface area contributed by atoms with E-state index in [1.165, 1.54) is 11.3 Å². The maximum absolute atomic E-state index is 12.1. The Hall–Kier alpha value is -1.46. The number of hydrogen-bond donors (Lipinski definition) is 0. The Morgan fingerprint density at radius 3 is 2.80 bits per heavy atom. The van der Waals surface area contributed by atoms with Crippen molar-refractivity contribution in [1.29, 1.82) is 0 Å². The van der Waals surface area contributed by atoms with Gasteiger partial charge in [-0.05, 0) is 49.1 Å². The first kappa shape index (κ1) is 14.9. The van der Waals surface area contributed by atoms with E-state index in [1.54, 1.807) is 6.92 Å². The molecule has 0 atom stereocenters. The first-order chi connectivity index (χ1) is 9.61. The fourth-order valence-electron chi connectivity index (χ4n) is 1.68. The van der Waals surface area contributed by atoms with Crippen LogP contribution >= 0.6 is 27.3 Å². The minimum atomic E-state index is -0.391. The molecule has 2 aromatic rings. The lowest BCUT2D eigenvalue weighted by Gasteiger charge is -2.06. The van der Waals surface area contributed by atoms with Crippen LogP contribution in [0.15, 0.2) is 45.2 Å². The summed E-state index contributed by atoms with van der Waals surface area (Å²) in [5, 5.41) is 1.92. The lowest BCUT2D eigenvalue weighted by molar-refractivity contribution is -0.134. The van der Waals surface area contributed by atoms with E-state index in [1.807, 2.05) is 42.6 Å². The highest BCUT2D eigenvalue weighted by Crippen LogP contribution is 2.24. The molecule has 0 fully saturated rings. The summed E-state index contributed by atoms with van der Waals surface area (Å²) in [6.07, 6.45) is 0. The molecule has 2 rings (SSSR count). The van der Waals surface area contributed by atoms with Crippen LogP contribution in [-0.2, 0) is 9.53 Å². The first-order valence-electron chi connectivity index (χ1n) is 6.17. The van der Waals surface area contributed by atoms with Gasteiger partial charge in [0.25, 0.3) is 0 Å². The summed E-state index contributed by atoms with van der Waals surface area (Å²) in [6, 6.07) is 9.52. The Labute approximate surface area is 130 Å². The molecule has 0 aliphatic heterocycles. The highest BCUT2D eigenvalue weighted by atomic mass is 79.9. The van der Waals surface area contributed by atoms with Crippen LogP contribution in [-0.4, -0.2) is 18.3 Å². The van der Waals surface area contributed by atoms with Gasteiger partial charge in [-0.25, -0.2) is 9.79 Å². The van der Waals surface area contributed by atoms with Gasteiger partial charge < -0.3 is 4.74 Å². The predicted molar refractivity (Wildman–Crippen MR) is 86.0 cm³/mol. The number of benzene rings is 1. The van der Waals surface area contributed by atoms with Gasteiger partial charge in [-0.15, -0.1) is 11.3 Å². The third-order valence-electron chi connectivity index (χ3n) is 2.61. The van der Waals surface area contributed by atoms with Crippen LogP contribution in [0.4, 0.5) is 5.69 Å². The second-order valence-electron chi connectivity index (χ2n) is 4.09. The standard InChI is InChI=1S/C15H14BrNO2S/c1-3-19-15(18)14(13-5-4-8-20-13)17-12-7-6-11(16)9-10(12)2/h4-9H,3H2,1-2H3. The Morgan fingerprint density at radius 1 is 1.40 bits per heavy atom. The van der Waals surface area contributed by atoms with E-state index in [4.69, 9.17) is 4.74 Å². The molecule has 0 amide bonds. The molecule has 0 radical (unpaired) electrons. The number of carbonyl (C=O) groups excluding carboxylic acids is 1. The molecule has 3 nitrogen and oxygen atoms in total. The van der Waals surface area contributed by atoms with Crippen molar-refractivity contribution in [2.24, 2.45) is 4.99 Å². The lowest BCUT2D eigenvalue weighted by Crippen LogP contribution is -2.17. The highest BCUT2D eigenvalue weighted by Gasteiger charge is 2.17. The summed E-state index contributed by atoms with van der Waals surface area (Å²) in [4.78, 5) is 17.4. The summed E-state index contributed by atoms with van der Waals surface area (Å²) in [5.41, 5.74) is 2.12. The van der Waals surface area contributed by atoms with Crippen molar-refractivity contribution in [2.75, 3.05) is 6.61 Å². The summed E-state index contributed by atoms with van der Waals surface area (Å²) >= 11 is 4.89. The average Bonchev–Trinajstić information content (AvgIpc) is 2.91. The molecule has 0 spiro atoms. The third kappa shape index (κ3) is 3.55. The third-order valence-corrected chi connectivity index (χ3v) is 3.98.